The number of halogens is 1. The fourth-order valence-electron chi connectivity index (χ4n) is 5.13. The third kappa shape index (κ3) is 2.48. The summed E-state index contributed by atoms with van der Waals surface area (Å²) in [5, 5.41) is 12.0. The van der Waals surface area contributed by atoms with E-state index in [0.29, 0.717) is 48.6 Å². The Bertz CT molecular complexity index is 1380. The molecule has 9 heteroatoms. The van der Waals surface area contributed by atoms with Crippen molar-refractivity contribution >= 4 is 29.3 Å². The Balaban J connectivity index is 0.00000216. The monoisotopic (exact) mass is 455 g/mol. The third-order valence-corrected chi connectivity index (χ3v) is 6.82. The number of carbonyl (C=O) groups excluding carboxylic acids is 1. The van der Waals surface area contributed by atoms with Gasteiger partial charge in [0.25, 0.3) is 5.56 Å². The topological polar surface area (TPSA) is 117 Å². The van der Waals surface area contributed by atoms with Gasteiger partial charge in [0.15, 0.2) is 5.60 Å². The first-order chi connectivity index (χ1) is 15.0. The molecule has 2 aromatic heterocycles. The van der Waals surface area contributed by atoms with Gasteiger partial charge < -0.3 is 24.9 Å². The van der Waals surface area contributed by atoms with Crippen molar-refractivity contribution in [3.63, 3.8) is 0 Å². The molecule has 1 atom stereocenters. The number of pyridine rings is 2. The van der Waals surface area contributed by atoms with Crippen molar-refractivity contribution < 1.29 is 19.4 Å². The van der Waals surface area contributed by atoms with Crippen molar-refractivity contribution in [1.82, 2.24) is 9.55 Å². The van der Waals surface area contributed by atoms with Crippen LogP contribution in [0.25, 0.3) is 22.3 Å². The Labute approximate surface area is 189 Å². The fraction of sp³-hybridized carbons (Fsp3) is 0.348. The molecular weight excluding hydrogens is 434 g/mol. The SMILES string of the molecule is CCC1(O)C(=O)OCc2c1cc1n(c2=O)Cc2c-1nc1ccc(CN)c3c1c2CCO3.Cl. The summed E-state index contributed by atoms with van der Waals surface area (Å²) >= 11 is 0. The van der Waals surface area contributed by atoms with E-state index in [2.05, 4.69) is 0 Å². The van der Waals surface area contributed by atoms with Crippen LogP contribution in [0.3, 0.4) is 0 Å². The summed E-state index contributed by atoms with van der Waals surface area (Å²) in [4.78, 5) is 30.6. The predicted octanol–water partition coefficient (Wildman–Crippen LogP) is 1.90. The number of aliphatic hydroxyl groups is 1. The molecule has 8 nitrogen and oxygen atoms in total. The van der Waals surface area contributed by atoms with Crippen LogP contribution >= 0.6 is 12.4 Å². The van der Waals surface area contributed by atoms with Gasteiger partial charge in [0.2, 0.25) is 0 Å². The molecule has 0 aliphatic carbocycles. The molecule has 3 N–H and O–H groups in total. The van der Waals surface area contributed by atoms with Gasteiger partial charge in [-0.05, 0) is 24.1 Å². The minimum atomic E-state index is -1.83. The van der Waals surface area contributed by atoms with E-state index < -0.39 is 11.6 Å². The third-order valence-electron chi connectivity index (χ3n) is 6.82. The number of carbonyl (C=O) groups is 1. The average Bonchev–Trinajstić information content (AvgIpc) is 3.16. The molecule has 166 valence electrons. The van der Waals surface area contributed by atoms with Crippen LogP contribution < -0.4 is 16.0 Å². The lowest BCUT2D eigenvalue weighted by Crippen LogP contribution is -2.44. The molecule has 0 fully saturated rings. The van der Waals surface area contributed by atoms with Gasteiger partial charge in [0, 0.05) is 35.0 Å². The maximum absolute atomic E-state index is 13.4. The number of cyclic esters (lactones) is 1. The Morgan fingerprint density at radius 1 is 1.22 bits per heavy atom. The molecule has 3 aliphatic rings. The second-order valence-corrected chi connectivity index (χ2v) is 8.27. The van der Waals surface area contributed by atoms with Crippen LogP contribution in [0, 0.1) is 0 Å². The second kappa shape index (κ2) is 7.03. The van der Waals surface area contributed by atoms with E-state index in [1.54, 1.807) is 17.6 Å². The molecule has 5 heterocycles. The smallest absolute Gasteiger partial charge is 0.343 e. The highest BCUT2D eigenvalue weighted by molar-refractivity contribution is 5.94. The Morgan fingerprint density at radius 3 is 2.78 bits per heavy atom. The molecule has 3 aromatic rings. The number of ether oxygens (including phenoxy) is 2. The lowest BCUT2D eigenvalue weighted by atomic mass is 9.86. The summed E-state index contributed by atoms with van der Waals surface area (Å²) in [7, 11) is 0. The summed E-state index contributed by atoms with van der Waals surface area (Å²) in [6, 6.07) is 5.60. The Morgan fingerprint density at radius 2 is 2.03 bits per heavy atom. The zero-order valence-corrected chi connectivity index (χ0v) is 18.3. The van der Waals surface area contributed by atoms with E-state index in [1.807, 2.05) is 12.1 Å². The minimum Gasteiger partial charge on any atom is -0.492 e. The van der Waals surface area contributed by atoms with Crippen molar-refractivity contribution in [2.45, 2.75) is 45.1 Å². The van der Waals surface area contributed by atoms with E-state index in [-0.39, 0.29) is 31.0 Å². The van der Waals surface area contributed by atoms with E-state index in [1.165, 1.54) is 0 Å². The van der Waals surface area contributed by atoms with Gasteiger partial charge in [0.1, 0.15) is 12.4 Å². The van der Waals surface area contributed by atoms with Crippen LogP contribution in [0.4, 0.5) is 0 Å². The molecule has 0 spiro atoms. The van der Waals surface area contributed by atoms with E-state index in [4.69, 9.17) is 20.2 Å². The molecule has 3 aliphatic heterocycles. The highest BCUT2D eigenvalue weighted by Gasteiger charge is 2.45. The molecular formula is C23H22ClN3O5. The number of aromatic nitrogens is 2. The van der Waals surface area contributed by atoms with E-state index in [9.17, 15) is 14.7 Å². The summed E-state index contributed by atoms with van der Waals surface area (Å²) in [6.45, 7) is 2.86. The molecule has 0 saturated heterocycles. The average molecular weight is 456 g/mol. The summed E-state index contributed by atoms with van der Waals surface area (Å²) < 4.78 is 12.7. The standard InChI is InChI=1S/C23H21N3O5.ClH/c1-2-23(29)15-7-17-19-13(9-26(17)21(27)14(15)10-31-22(23)28)12-5-6-30-20-11(8-24)3-4-16(25-19)18(12)20;/h3-4,7,29H,2,5-6,8-10,24H2,1H3;1H. The molecule has 0 amide bonds. The number of nitrogens with two attached hydrogens (primary N) is 1. The zero-order chi connectivity index (χ0) is 21.5. The van der Waals surface area contributed by atoms with Gasteiger partial charge in [-0.3, -0.25) is 4.79 Å². The van der Waals surface area contributed by atoms with Gasteiger partial charge in [0.05, 0.1) is 35.6 Å². The first-order valence-corrected chi connectivity index (χ1v) is 10.4. The highest BCUT2D eigenvalue weighted by Crippen LogP contribution is 2.43. The maximum Gasteiger partial charge on any atom is 0.343 e. The quantitative estimate of drug-likeness (QED) is 0.443. The zero-order valence-electron chi connectivity index (χ0n) is 17.4. The highest BCUT2D eigenvalue weighted by atomic mass is 35.5. The first-order valence-electron chi connectivity index (χ1n) is 10.4. The van der Waals surface area contributed by atoms with Gasteiger partial charge in [-0.15, -0.1) is 12.4 Å². The molecule has 32 heavy (non-hydrogen) atoms. The summed E-state index contributed by atoms with van der Waals surface area (Å²) in [5.41, 5.74) is 9.63. The van der Waals surface area contributed by atoms with Crippen molar-refractivity contribution in [3.8, 4) is 17.1 Å². The van der Waals surface area contributed by atoms with Crippen molar-refractivity contribution in [1.29, 1.82) is 0 Å². The van der Waals surface area contributed by atoms with Crippen LogP contribution in [0.2, 0.25) is 0 Å². The van der Waals surface area contributed by atoms with Gasteiger partial charge in [-0.25, -0.2) is 9.78 Å². The minimum absolute atomic E-state index is 0. The fourth-order valence-corrected chi connectivity index (χ4v) is 5.13. The number of esters is 1. The lowest BCUT2D eigenvalue weighted by molar-refractivity contribution is -0.172. The summed E-state index contributed by atoms with van der Waals surface area (Å²) in [6.07, 6.45) is 0.832. The lowest BCUT2D eigenvalue weighted by Gasteiger charge is -2.31. The van der Waals surface area contributed by atoms with Gasteiger partial charge >= 0.3 is 5.97 Å². The van der Waals surface area contributed by atoms with Gasteiger partial charge in [-0.1, -0.05) is 13.0 Å². The van der Waals surface area contributed by atoms with E-state index >= 15 is 0 Å². The molecule has 0 radical (unpaired) electrons. The number of benzene rings is 1. The number of rotatable bonds is 2. The molecule has 6 rings (SSSR count). The second-order valence-electron chi connectivity index (χ2n) is 8.27. The molecule has 0 saturated carbocycles. The van der Waals surface area contributed by atoms with Crippen molar-refractivity contribution in [2.75, 3.05) is 6.61 Å². The number of hydrogen-bond donors (Lipinski definition) is 2. The number of fused-ring (bicyclic) bond motifs is 5. The molecule has 1 aromatic carbocycles. The van der Waals surface area contributed by atoms with Gasteiger partial charge in [-0.2, -0.15) is 0 Å². The Kier molecular flexibility index (Phi) is 4.60. The summed E-state index contributed by atoms with van der Waals surface area (Å²) in [5.74, 6) is 0.0567. The van der Waals surface area contributed by atoms with Crippen LogP contribution in [-0.4, -0.2) is 27.2 Å². The molecule has 0 bridgehead atoms. The number of nitrogens with zero attached hydrogens (tertiary/aromatic N) is 2. The first kappa shape index (κ1) is 20.9. The van der Waals surface area contributed by atoms with Crippen molar-refractivity contribution in [2.24, 2.45) is 5.73 Å². The van der Waals surface area contributed by atoms with E-state index in [0.717, 1.165) is 33.3 Å². The van der Waals surface area contributed by atoms with Crippen molar-refractivity contribution in [3.05, 3.63) is 56.4 Å². The largest absolute Gasteiger partial charge is 0.492 e. The Hall–Kier alpha value is -2.94. The normalized spacial score (nSPS) is 20.0. The maximum atomic E-state index is 13.4. The molecule has 1 unspecified atom stereocenters. The van der Waals surface area contributed by atoms with Crippen LogP contribution in [0.15, 0.2) is 23.0 Å². The predicted molar refractivity (Wildman–Crippen MR) is 119 cm³/mol. The van der Waals surface area contributed by atoms with Crippen LogP contribution in [-0.2, 0) is 41.2 Å². The number of hydrogen-bond acceptors (Lipinski definition) is 7. The van der Waals surface area contributed by atoms with Crippen LogP contribution in [0.1, 0.15) is 41.2 Å². The van der Waals surface area contributed by atoms with Crippen LogP contribution in [0.5, 0.6) is 5.75 Å².